The fourth-order valence-electron chi connectivity index (χ4n) is 3.36. The molecule has 0 atom stereocenters. The van der Waals surface area contributed by atoms with Gasteiger partial charge in [-0.05, 0) is 54.7 Å². The zero-order valence-electron chi connectivity index (χ0n) is 14.6. The van der Waals surface area contributed by atoms with Crippen LogP contribution in [0.15, 0.2) is 59.4 Å². The van der Waals surface area contributed by atoms with Crippen LogP contribution >= 0.6 is 11.6 Å². The van der Waals surface area contributed by atoms with Gasteiger partial charge in [0.1, 0.15) is 6.54 Å². The number of benzene rings is 2. The van der Waals surface area contributed by atoms with E-state index in [1.54, 1.807) is 12.1 Å². The Balaban J connectivity index is 1.53. The van der Waals surface area contributed by atoms with Gasteiger partial charge in [-0.3, -0.25) is 9.59 Å². The number of nitrogens with one attached hydrogen (secondary N) is 1. The first kappa shape index (κ1) is 17.5. The number of hydrogen-bond donors (Lipinski definition) is 1. The number of amides is 1. The lowest BCUT2D eigenvalue weighted by molar-refractivity contribution is -0.117. The van der Waals surface area contributed by atoms with E-state index in [9.17, 15) is 9.59 Å². The topological polar surface area (TPSA) is 64.0 Å². The van der Waals surface area contributed by atoms with E-state index in [1.165, 1.54) is 17.2 Å². The molecule has 6 heteroatoms. The van der Waals surface area contributed by atoms with E-state index in [-0.39, 0.29) is 18.0 Å². The van der Waals surface area contributed by atoms with Gasteiger partial charge in [-0.25, -0.2) is 4.68 Å². The summed E-state index contributed by atoms with van der Waals surface area (Å²) in [6.45, 7) is -0.159. The zero-order valence-corrected chi connectivity index (χ0v) is 15.4. The fourth-order valence-corrected chi connectivity index (χ4v) is 3.59. The van der Waals surface area contributed by atoms with E-state index in [0.717, 1.165) is 29.6 Å². The highest BCUT2D eigenvalue weighted by Crippen LogP contribution is 2.26. The van der Waals surface area contributed by atoms with E-state index >= 15 is 0 Å². The number of carbonyl (C=O) groups excluding carboxylic acids is 1. The lowest BCUT2D eigenvalue weighted by atomic mass is 10.1. The van der Waals surface area contributed by atoms with Gasteiger partial charge in [0.25, 0.3) is 5.56 Å². The molecule has 1 aliphatic carbocycles. The smallest absolute Gasteiger partial charge is 0.267 e. The first-order valence-electron chi connectivity index (χ1n) is 8.85. The molecule has 0 spiro atoms. The van der Waals surface area contributed by atoms with Crippen molar-refractivity contribution in [2.45, 2.75) is 25.8 Å². The van der Waals surface area contributed by atoms with Crippen LogP contribution < -0.4 is 10.9 Å². The fraction of sp³-hybridized carbons (Fsp3) is 0.190. The summed E-state index contributed by atoms with van der Waals surface area (Å²) in [4.78, 5) is 24.5. The number of hydrogen-bond acceptors (Lipinski definition) is 3. The van der Waals surface area contributed by atoms with Crippen molar-refractivity contribution >= 4 is 23.2 Å². The first-order valence-corrected chi connectivity index (χ1v) is 9.23. The Morgan fingerprint density at radius 2 is 1.89 bits per heavy atom. The predicted octanol–water partition coefficient (Wildman–Crippen LogP) is 3.69. The summed E-state index contributed by atoms with van der Waals surface area (Å²) in [5.74, 6) is -0.293. The maximum atomic E-state index is 12.4. The van der Waals surface area contributed by atoms with Crippen molar-refractivity contribution in [1.82, 2.24) is 9.78 Å². The number of aryl methyl sites for hydroxylation is 2. The number of carbonyl (C=O) groups is 1. The van der Waals surface area contributed by atoms with Crippen molar-refractivity contribution in [2.24, 2.45) is 0 Å². The number of aromatic nitrogens is 2. The molecule has 3 aromatic rings. The quantitative estimate of drug-likeness (QED) is 0.751. The predicted molar refractivity (Wildman–Crippen MR) is 106 cm³/mol. The molecular formula is C21H18ClN3O2. The molecule has 136 valence electrons. The molecule has 5 nitrogen and oxygen atoms in total. The third-order valence-electron chi connectivity index (χ3n) is 4.69. The summed E-state index contributed by atoms with van der Waals surface area (Å²) >= 11 is 6.20. The molecule has 1 aliphatic rings. The van der Waals surface area contributed by atoms with Crippen LogP contribution in [0.1, 0.15) is 17.5 Å². The molecule has 0 aliphatic heterocycles. The van der Waals surface area contributed by atoms with Gasteiger partial charge < -0.3 is 5.32 Å². The Morgan fingerprint density at radius 3 is 2.74 bits per heavy atom. The van der Waals surface area contributed by atoms with Crippen molar-refractivity contribution < 1.29 is 4.79 Å². The van der Waals surface area contributed by atoms with Crippen LogP contribution in [0.3, 0.4) is 0 Å². The van der Waals surface area contributed by atoms with Gasteiger partial charge in [-0.1, -0.05) is 35.9 Å². The van der Waals surface area contributed by atoms with E-state index in [1.807, 2.05) is 30.3 Å². The number of fused-ring (bicyclic) bond motifs is 1. The van der Waals surface area contributed by atoms with Crippen LogP contribution in [0.25, 0.3) is 11.3 Å². The van der Waals surface area contributed by atoms with Crippen molar-refractivity contribution in [3.8, 4) is 11.3 Å². The number of nitrogens with zero attached hydrogens (tertiary/aromatic N) is 2. The Hall–Kier alpha value is -2.92. The third kappa shape index (κ3) is 3.78. The van der Waals surface area contributed by atoms with Gasteiger partial charge in [0.15, 0.2) is 0 Å². The summed E-state index contributed by atoms with van der Waals surface area (Å²) < 4.78 is 1.15. The van der Waals surface area contributed by atoms with Gasteiger partial charge >= 0.3 is 0 Å². The zero-order chi connectivity index (χ0) is 18.8. The van der Waals surface area contributed by atoms with Crippen LogP contribution in [0.4, 0.5) is 5.69 Å². The Bertz CT molecular complexity index is 1080. The minimum atomic E-state index is -0.338. The monoisotopic (exact) mass is 379 g/mol. The lowest BCUT2D eigenvalue weighted by Crippen LogP contribution is -2.29. The Morgan fingerprint density at radius 1 is 1.07 bits per heavy atom. The summed E-state index contributed by atoms with van der Waals surface area (Å²) in [6, 6.07) is 16.2. The summed E-state index contributed by atoms with van der Waals surface area (Å²) in [7, 11) is 0. The maximum Gasteiger partial charge on any atom is 0.267 e. The average Bonchev–Trinajstić information content (AvgIpc) is 3.12. The molecule has 0 radical (unpaired) electrons. The van der Waals surface area contributed by atoms with Gasteiger partial charge in [0.05, 0.1) is 10.7 Å². The molecule has 0 bridgehead atoms. The molecular weight excluding hydrogens is 362 g/mol. The van der Waals surface area contributed by atoms with Gasteiger partial charge in [0, 0.05) is 17.3 Å². The Labute approximate surface area is 161 Å². The highest BCUT2D eigenvalue weighted by molar-refractivity contribution is 6.33. The number of halogens is 1. The molecule has 27 heavy (non-hydrogen) atoms. The molecule has 0 saturated carbocycles. The van der Waals surface area contributed by atoms with Crippen molar-refractivity contribution in [3.05, 3.63) is 81.1 Å². The van der Waals surface area contributed by atoms with Crippen LogP contribution in [-0.2, 0) is 24.2 Å². The maximum absolute atomic E-state index is 12.4. The van der Waals surface area contributed by atoms with Crippen LogP contribution in [0.5, 0.6) is 0 Å². The second-order valence-corrected chi connectivity index (χ2v) is 6.99. The summed E-state index contributed by atoms with van der Waals surface area (Å²) in [5.41, 5.74) is 4.30. The second kappa shape index (κ2) is 7.37. The molecule has 1 heterocycles. The standard InChI is InChI=1S/C21H18ClN3O2/c22-18-7-2-1-6-17(18)19-10-11-21(27)25(24-19)13-20(26)23-16-9-8-14-4-3-5-15(14)12-16/h1-2,6-12H,3-5,13H2,(H,23,26). The molecule has 4 rings (SSSR count). The van der Waals surface area contributed by atoms with E-state index < -0.39 is 0 Å². The number of rotatable bonds is 4. The van der Waals surface area contributed by atoms with E-state index in [0.29, 0.717) is 16.3 Å². The SMILES string of the molecule is O=C(Cn1nc(-c2ccccc2Cl)ccc1=O)Nc1ccc2c(c1)CCC2. The summed E-state index contributed by atoms with van der Waals surface area (Å²) in [6.07, 6.45) is 3.29. The highest BCUT2D eigenvalue weighted by atomic mass is 35.5. The van der Waals surface area contributed by atoms with Crippen LogP contribution in [0, 0.1) is 0 Å². The summed E-state index contributed by atoms with van der Waals surface area (Å²) in [5, 5.41) is 7.69. The lowest BCUT2D eigenvalue weighted by Gasteiger charge is -2.10. The molecule has 2 aromatic carbocycles. The molecule has 1 aromatic heterocycles. The minimum absolute atomic E-state index is 0.159. The first-order chi connectivity index (χ1) is 13.1. The number of anilines is 1. The molecule has 1 N–H and O–H groups in total. The largest absolute Gasteiger partial charge is 0.324 e. The average molecular weight is 380 g/mol. The van der Waals surface area contributed by atoms with E-state index in [2.05, 4.69) is 16.5 Å². The van der Waals surface area contributed by atoms with Gasteiger partial charge in [-0.2, -0.15) is 5.10 Å². The van der Waals surface area contributed by atoms with E-state index in [4.69, 9.17) is 11.6 Å². The van der Waals surface area contributed by atoms with Gasteiger partial charge in [0.2, 0.25) is 5.91 Å². The van der Waals surface area contributed by atoms with Crippen molar-refractivity contribution in [3.63, 3.8) is 0 Å². The van der Waals surface area contributed by atoms with Crippen molar-refractivity contribution in [1.29, 1.82) is 0 Å². The van der Waals surface area contributed by atoms with Crippen molar-refractivity contribution in [2.75, 3.05) is 5.32 Å². The van der Waals surface area contributed by atoms with Gasteiger partial charge in [-0.15, -0.1) is 0 Å². The third-order valence-corrected chi connectivity index (χ3v) is 5.02. The molecule has 1 amide bonds. The molecule has 0 fully saturated rings. The van der Waals surface area contributed by atoms with Crippen LogP contribution in [-0.4, -0.2) is 15.7 Å². The minimum Gasteiger partial charge on any atom is -0.324 e. The Kier molecular flexibility index (Phi) is 4.77. The second-order valence-electron chi connectivity index (χ2n) is 6.58. The normalized spacial score (nSPS) is 12.6. The molecule has 0 unspecified atom stereocenters. The van der Waals surface area contributed by atoms with Crippen LogP contribution in [0.2, 0.25) is 5.02 Å². The molecule has 0 saturated heterocycles. The highest BCUT2D eigenvalue weighted by Gasteiger charge is 2.13.